The van der Waals surface area contributed by atoms with Gasteiger partial charge in [0.15, 0.2) is 0 Å². The average molecular weight is 336 g/mol. The largest absolute Gasteiger partial charge is 0.507 e. The van der Waals surface area contributed by atoms with Crippen LogP contribution in [0.2, 0.25) is 0 Å². The highest BCUT2D eigenvalue weighted by molar-refractivity contribution is 5.73. The molecule has 1 N–H and O–H groups in total. The van der Waals surface area contributed by atoms with E-state index in [-0.39, 0.29) is 0 Å². The van der Waals surface area contributed by atoms with Crippen molar-refractivity contribution in [1.82, 2.24) is 0 Å². The van der Waals surface area contributed by atoms with Crippen molar-refractivity contribution in [2.45, 2.75) is 6.42 Å². The van der Waals surface area contributed by atoms with E-state index < -0.39 is 0 Å². The lowest BCUT2D eigenvalue weighted by molar-refractivity contribution is 0.471. The summed E-state index contributed by atoms with van der Waals surface area (Å²) in [5.41, 5.74) is 6.46. The van der Waals surface area contributed by atoms with E-state index in [1.807, 2.05) is 54.6 Å². The molecule has 0 aliphatic carbocycles. The molecule has 0 fully saturated rings. The fourth-order valence-electron chi connectivity index (χ4n) is 3.36. The molecule has 0 aliphatic heterocycles. The fraction of sp³-hybridized carbons (Fsp3) is 0.0400. The van der Waals surface area contributed by atoms with Crippen LogP contribution in [0.3, 0.4) is 0 Å². The SMILES string of the molecule is Oc1c(Cc2ccccc2-c2ccccc2)cccc1-c1ccccc1. The van der Waals surface area contributed by atoms with E-state index >= 15 is 0 Å². The summed E-state index contributed by atoms with van der Waals surface area (Å²) in [4.78, 5) is 0. The van der Waals surface area contributed by atoms with E-state index in [4.69, 9.17) is 0 Å². The number of rotatable bonds is 4. The highest BCUT2D eigenvalue weighted by Gasteiger charge is 2.11. The summed E-state index contributed by atoms with van der Waals surface area (Å²) in [7, 11) is 0. The molecule has 4 rings (SSSR count). The molecule has 0 unspecified atom stereocenters. The van der Waals surface area contributed by atoms with Gasteiger partial charge in [-0.25, -0.2) is 0 Å². The van der Waals surface area contributed by atoms with Gasteiger partial charge in [0, 0.05) is 12.0 Å². The van der Waals surface area contributed by atoms with E-state index in [1.54, 1.807) is 0 Å². The van der Waals surface area contributed by atoms with Gasteiger partial charge in [0.05, 0.1) is 0 Å². The molecule has 0 amide bonds. The summed E-state index contributed by atoms with van der Waals surface area (Å²) in [6.45, 7) is 0. The fourth-order valence-corrected chi connectivity index (χ4v) is 3.36. The summed E-state index contributed by atoms with van der Waals surface area (Å²) in [6, 6.07) is 34.8. The highest BCUT2D eigenvalue weighted by atomic mass is 16.3. The van der Waals surface area contributed by atoms with Crippen molar-refractivity contribution in [3.05, 3.63) is 114 Å². The summed E-state index contributed by atoms with van der Waals surface area (Å²) >= 11 is 0. The number of aromatic hydroxyl groups is 1. The monoisotopic (exact) mass is 336 g/mol. The van der Waals surface area contributed by atoms with Crippen LogP contribution in [0, 0.1) is 0 Å². The van der Waals surface area contributed by atoms with Gasteiger partial charge in [-0.2, -0.15) is 0 Å². The first-order valence-corrected chi connectivity index (χ1v) is 8.82. The van der Waals surface area contributed by atoms with Crippen LogP contribution in [0.4, 0.5) is 0 Å². The zero-order valence-electron chi connectivity index (χ0n) is 14.5. The molecule has 126 valence electrons. The minimum atomic E-state index is 0.363. The molecule has 0 aromatic heterocycles. The second-order valence-electron chi connectivity index (χ2n) is 6.38. The maximum Gasteiger partial charge on any atom is 0.126 e. The number of para-hydroxylation sites is 1. The second-order valence-corrected chi connectivity index (χ2v) is 6.38. The van der Waals surface area contributed by atoms with Crippen molar-refractivity contribution in [2.75, 3.05) is 0 Å². The van der Waals surface area contributed by atoms with Crippen molar-refractivity contribution >= 4 is 0 Å². The zero-order valence-corrected chi connectivity index (χ0v) is 14.5. The standard InChI is InChI=1S/C25H20O/c26-25-22(15-9-17-24(25)20-12-5-2-6-13-20)18-21-14-7-8-16-23(21)19-10-3-1-4-11-19/h1-17,26H,18H2. The number of phenolic OH excluding ortho intramolecular Hbond substituents is 1. The molecule has 0 aliphatic rings. The Morgan fingerprint density at radius 2 is 0.962 bits per heavy atom. The number of benzene rings is 4. The predicted molar refractivity (Wildman–Crippen MR) is 108 cm³/mol. The third-order valence-corrected chi connectivity index (χ3v) is 4.69. The van der Waals surface area contributed by atoms with Gasteiger partial charge < -0.3 is 5.11 Å². The Morgan fingerprint density at radius 1 is 0.462 bits per heavy atom. The van der Waals surface area contributed by atoms with Gasteiger partial charge in [0.2, 0.25) is 0 Å². The molecular formula is C25H20O. The molecule has 0 saturated carbocycles. The number of phenols is 1. The minimum absolute atomic E-state index is 0.363. The molecule has 0 spiro atoms. The van der Waals surface area contributed by atoms with E-state index in [2.05, 4.69) is 48.5 Å². The molecule has 0 atom stereocenters. The van der Waals surface area contributed by atoms with Crippen LogP contribution in [0.1, 0.15) is 11.1 Å². The van der Waals surface area contributed by atoms with Crippen molar-refractivity contribution in [3.63, 3.8) is 0 Å². The van der Waals surface area contributed by atoms with Crippen LogP contribution in [0.25, 0.3) is 22.3 Å². The van der Waals surface area contributed by atoms with Crippen molar-refractivity contribution < 1.29 is 5.11 Å². The van der Waals surface area contributed by atoms with Gasteiger partial charge in [0.1, 0.15) is 5.75 Å². The Bertz CT molecular complexity index is 1000. The molecular weight excluding hydrogens is 316 g/mol. The first kappa shape index (κ1) is 16.2. The van der Waals surface area contributed by atoms with Gasteiger partial charge in [-0.1, -0.05) is 103 Å². The summed E-state index contributed by atoms with van der Waals surface area (Å²) in [6.07, 6.45) is 0.692. The molecule has 0 saturated heterocycles. The molecule has 0 heterocycles. The summed E-state index contributed by atoms with van der Waals surface area (Å²) < 4.78 is 0. The normalized spacial score (nSPS) is 10.6. The molecule has 26 heavy (non-hydrogen) atoms. The van der Waals surface area contributed by atoms with E-state index in [0.717, 1.165) is 16.7 Å². The smallest absolute Gasteiger partial charge is 0.126 e. The van der Waals surface area contributed by atoms with Crippen LogP contribution < -0.4 is 0 Å². The quantitative estimate of drug-likeness (QED) is 0.462. The van der Waals surface area contributed by atoms with Crippen LogP contribution in [0.5, 0.6) is 5.75 Å². The molecule has 0 radical (unpaired) electrons. The average Bonchev–Trinajstić information content (AvgIpc) is 2.71. The Morgan fingerprint density at radius 3 is 1.65 bits per heavy atom. The van der Waals surface area contributed by atoms with Crippen molar-refractivity contribution in [3.8, 4) is 28.0 Å². The number of hydrogen-bond acceptors (Lipinski definition) is 1. The minimum Gasteiger partial charge on any atom is -0.507 e. The molecule has 4 aromatic carbocycles. The van der Waals surface area contributed by atoms with Crippen LogP contribution in [0.15, 0.2) is 103 Å². The maximum atomic E-state index is 10.9. The van der Waals surface area contributed by atoms with Crippen molar-refractivity contribution in [1.29, 1.82) is 0 Å². The lowest BCUT2D eigenvalue weighted by Crippen LogP contribution is -1.94. The first-order valence-electron chi connectivity index (χ1n) is 8.82. The second kappa shape index (κ2) is 7.28. The highest BCUT2D eigenvalue weighted by Crippen LogP contribution is 2.34. The molecule has 4 aromatic rings. The summed E-state index contributed by atoms with van der Waals surface area (Å²) in [5, 5.41) is 10.9. The lowest BCUT2D eigenvalue weighted by atomic mass is 9.93. The van der Waals surface area contributed by atoms with Gasteiger partial charge in [0.25, 0.3) is 0 Å². The summed E-state index contributed by atoms with van der Waals surface area (Å²) in [5.74, 6) is 0.363. The Labute approximate surface area is 154 Å². The zero-order chi connectivity index (χ0) is 17.8. The predicted octanol–water partition coefficient (Wildman–Crippen LogP) is 6.32. The number of hydrogen-bond donors (Lipinski definition) is 1. The Hall–Kier alpha value is -3.32. The van der Waals surface area contributed by atoms with Crippen LogP contribution in [-0.4, -0.2) is 5.11 Å². The van der Waals surface area contributed by atoms with Crippen molar-refractivity contribution in [2.24, 2.45) is 0 Å². The van der Waals surface area contributed by atoms with Crippen LogP contribution >= 0.6 is 0 Å². The van der Waals surface area contributed by atoms with Gasteiger partial charge in [-0.15, -0.1) is 0 Å². The topological polar surface area (TPSA) is 20.2 Å². The third kappa shape index (κ3) is 3.25. The van der Waals surface area contributed by atoms with Crippen LogP contribution in [-0.2, 0) is 6.42 Å². The van der Waals surface area contributed by atoms with Gasteiger partial charge in [-0.3, -0.25) is 0 Å². The van der Waals surface area contributed by atoms with E-state index in [0.29, 0.717) is 12.2 Å². The molecule has 1 heteroatoms. The van der Waals surface area contributed by atoms with E-state index in [1.165, 1.54) is 16.7 Å². The third-order valence-electron chi connectivity index (χ3n) is 4.69. The van der Waals surface area contributed by atoms with Gasteiger partial charge in [-0.05, 0) is 27.8 Å². The van der Waals surface area contributed by atoms with E-state index in [9.17, 15) is 5.11 Å². The first-order chi connectivity index (χ1) is 12.8. The molecule has 1 nitrogen and oxygen atoms in total. The Balaban J connectivity index is 1.74. The molecule has 0 bridgehead atoms. The Kier molecular flexibility index (Phi) is 4.53. The maximum absolute atomic E-state index is 10.9. The lowest BCUT2D eigenvalue weighted by Gasteiger charge is -2.13. The van der Waals surface area contributed by atoms with Gasteiger partial charge >= 0.3 is 0 Å².